The molecule has 0 spiro atoms. The van der Waals surface area contributed by atoms with E-state index < -0.39 is 12.4 Å². The van der Waals surface area contributed by atoms with Crippen LogP contribution in [-0.2, 0) is 21.3 Å². The van der Waals surface area contributed by atoms with E-state index in [9.17, 15) is 13.6 Å². The average molecular weight is 329 g/mol. The number of halogens is 4. The van der Waals surface area contributed by atoms with Gasteiger partial charge in [0.15, 0.2) is 0 Å². The van der Waals surface area contributed by atoms with E-state index in [1.165, 1.54) is 13.3 Å². The van der Waals surface area contributed by atoms with Gasteiger partial charge in [-0.25, -0.2) is 8.78 Å². The summed E-state index contributed by atoms with van der Waals surface area (Å²) in [6.07, 6.45) is -1.66. The Morgan fingerprint density at radius 3 is 2.76 bits per heavy atom. The van der Waals surface area contributed by atoms with Crippen molar-refractivity contribution in [3.8, 4) is 0 Å². The van der Waals surface area contributed by atoms with Crippen molar-refractivity contribution in [1.82, 2.24) is 4.98 Å². The van der Waals surface area contributed by atoms with Crippen molar-refractivity contribution in [1.29, 1.82) is 0 Å². The van der Waals surface area contributed by atoms with Crippen LogP contribution in [0.2, 0.25) is 5.02 Å². The van der Waals surface area contributed by atoms with E-state index in [-0.39, 0.29) is 28.0 Å². The molecule has 1 rings (SSSR count). The number of nitrogens with zero attached hydrogens (tertiary/aromatic N) is 1. The highest BCUT2D eigenvalue weighted by molar-refractivity contribution is 9.08. The minimum Gasteiger partial charge on any atom is -0.469 e. The molecule has 0 saturated carbocycles. The number of alkyl halides is 3. The summed E-state index contributed by atoms with van der Waals surface area (Å²) in [4.78, 5) is 14.9. The molecular weight excluding hydrogens is 319 g/mol. The predicted molar refractivity (Wildman–Crippen MR) is 62.6 cm³/mol. The first kappa shape index (κ1) is 14.3. The molecule has 0 radical (unpaired) electrons. The van der Waals surface area contributed by atoms with E-state index in [0.717, 1.165) is 0 Å². The van der Waals surface area contributed by atoms with E-state index in [0.29, 0.717) is 5.56 Å². The van der Waals surface area contributed by atoms with Gasteiger partial charge in [-0.3, -0.25) is 9.78 Å². The number of hydrogen-bond donors (Lipinski definition) is 0. The molecule has 0 aromatic carbocycles. The van der Waals surface area contributed by atoms with Crippen molar-refractivity contribution >= 4 is 33.5 Å². The molecule has 3 nitrogen and oxygen atoms in total. The van der Waals surface area contributed by atoms with Crippen LogP contribution in [0, 0.1) is 0 Å². The second-order valence-electron chi connectivity index (χ2n) is 3.15. The Morgan fingerprint density at radius 1 is 1.65 bits per heavy atom. The third-order valence-corrected chi connectivity index (χ3v) is 3.14. The van der Waals surface area contributed by atoms with Crippen LogP contribution in [0.4, 0.5) is 8.78 Å². The van der Waals surface area contributed by atoms with Crippen molar-refractivity contribution in [3.63, 3.8) is 0 Å². The summed E-state index contributed by atoms with van der Waals surface area (Å²) in [5.41, 5.74) is 0.106. The topological polar surface area (TPSA) is 39.2 Å². The van der Waals surface area contributed by atoms with Crippen LogP contribution in [0.15, 0.2) is 6.20 Å². The molecular formula is C10H9BrClF2NO2. The largest absolute Gasteiger partial charge is 0.469 e. The van der Waals surface area contributed by atoms with Crippen LogP contribution in [0.1, 0.15) is 23.2 Å². The molecule has 0 aliphatic rings. The lowest BCUT2D eigenvalue weighted by molar-refractivity contribution is -0.139. The minimum absolute atomic E-state index is 0.0958. The van der Waals surface area contributed by atoms with Gasteiger partial charge in [-0.15, -0.1) is 0 Å². The number of ether oxygens (including phenoxy) is 1. The molecule has 7 heteroatoms. The molecule has 0 fully saturated rings. The second-order valence-corrected chi connectivity index (χ2v) is 4.08. The molecule has 0 aliphatic carbocycles. The van der Waals surface area contributed by atoms with Gasteiger partial charge in [0, 0.05) is 17.1 Å². The van der Waals surface area contributed by atoms with E-state index in [4.69, 9.17) is 11.6 Å². The van der Waals surface area contributed by atoms with Crippen molar-refractivity contribution in [2.75, 3.05) is 7.11 Å². The summed E-state index contributed by atoms with van der Waals surface area (Å²) in [6, 6.07) is 0. The summed E-state index contributed by atoms with van der Waals surface area (Å²) in [7, 11) is 1.21. The maximum atomic E-state index is 12.8. The van der Waals surface area contributed by atoms with Gasteiger partial charge in [-0.05, 0) is 5.56 Å². The third kappa shape index (κ3) is 3.35. The van der Waals surface area contributed by atoms with Crippen molar-refractivity contribution in [2.24, 2.45) is 0 Å². The lowest BCUT2D eigenvalue weighted by atomic mass is 10.1. The fraction of sp³-hybridized carbons (Fsp3) is 0.400. The lowest BCUT2D eigenvalue weighted by Gasteiger charge is -2.11. The normalized spacial score (nSPS) is 10.7. The Balaban J connectivity index is 3.18. The second kappa shape index (κ2) is 6.26. The highest BCUT2D eigenvalue weighted by Gasteiger charge is 2.21. The van der Waals surface area contributed by atoms with Gasteiger partial charge in [-0.2, -0.15) is 0 Å². The highest BCUT2D eigenvalue weighted by atomic mass is 79.9. The van der Waals surface area contributed by atoms with E-state index in [1.807, 2.05) is 0 Å². The Bertz CT molecular complexity index is 429. The van der Waals surface area contributed by atoms with E-state index >= 15 is 0 Å². The third-order valence-electron chi connectivity index (χ3n) is 2.11. The van der Waals surface area contributed by atoms with Gasteiger partial charge < -0.3 is 4.74 Å². The molecule has 1 aromatic rings. The molecule has 0 atom stereocenters. The Morgan fingerprint density at radius 2 is 2.29 bits per heavy atom. The fourth-order valence-electron chi connectivity index (χ4n) is 1.25. The number of aromatic nitrogens is 1. The number of methoxy groups -OCH3 is 1. The maximum absolute atomic E-state index is 12.8. The van der Waals surface area contributed by atoms with Crippen LogP contribution in [-0.4, -0.2) is 18.1 Å². The predicted octanol–water partition coefficient (Wildman–Crippen LogP) is 3.28. The molecule has 0 N–H and O–H groups in total. The molecule has 1 aromatic heterocycles. The maximum Gasteiger partial charge on any atom is 0.311 e. The Kier molecular flexibility index (Phi) is 5.27. The number of carbonyl (C=O) groups excluding carboxylic acids is 1. The Labute approximate surface area is 110 Å². The molecule has 94 valence electrons. The summed E-state index contributed by atoms with van der Waals surface area (Å²) >= 11 is 8.89. The van der Waals surface area contributed by atoms with Crippen LogP contribution >= 0.6 is 27.5 Å². The highest BCUT2D eigenvalue weighted by Crippen LogP contribution is 2.33. The number of pyridine rings is 1. The van der Waals surface area contributed by atoms with Crippen molar-refractivity contribution in [2.45, 2.75) is 18.2 Å². The quantitative estimate of drug-likeness (QED) is 0.629. The molecule has 0 aliphatic heterocycles. The number of esters is 1. The van der Waals surface area contributed by atoms with Gasteiger partial charge >= 0.3 is 5.97 Å². The smallest absolute Gasteiger partial charge is 0.311 e. The van der Waals surface area contributed by atoms with Crippen molar-refractivity contribution in [3.05, 3.63) is 28.0 Å². The van der Waals surface area contributed by atoms with Crippen LogP contribution in [0.3, 0.4) is 0 Å². The van der Waals surface area contributed by atoms with Gasteiger partial charge in [0.2, 0.25) is 0 Å². The first-order valence-corrected chi connectivity index (χ1v) is 6.08. The minimum atomic E-state index is -2.71. The summed E-state index contributed by atoms with van der Waals surface area (Å²) in [5.74, 6) is -0.578. The van der Waals surface area contributed by atoms with Gasteiger partial charge in [-0.1, -0.05) is 27.5 Å². The molecule has 0 saturated heterocycles. The molecule has 0 bridgehead atoms. The SMILES string of the molecule is COC(=O)Cc1ncc(CBr)c(C(F)F)c1Cl. The number of hydrogen-bond acceptors (Lipinski definition) is 3. The molecule has 0 unspecified atom stereocenters. The first-order valence-electron chi connectivity index (χ1n) is 4.58. The zero-order valence-electron chi connectivity index (χ0n) is 8.84. The van der Waals surface area contributed by atoms with Gasteiger partial charge in [0.05, 0.1) is 24.2 Å². The van der Waals surface area contributed by atoms with Crippen LogP contribution < -0.4 is 0 Å². The number of rotatable bonds is 4. The fourth-order valence-corrected chi connectivity index (χ4v) is 2.02. The molecule has 17 heavy (non-hydrogen) atoms. The van der Waals surface area contributed by atoms with Crippen LogP contribution in [0.5, 0.6) is 0 Å². The average Bonchev–Trinajstić information content (AvgIpc) is 2.30. The van der Waals surface area contributed by atoms with E-state index in [1.54, 1.807) is 0 Å². The molecule has 1 heterocycles. The molecule has 0 amide bonds. The van der Waals surface area contributed by atoms with E-state index in [2.05, 4.69) is 25.7 Å². The number of carbonyl (C=O) groups is 1. The van der Waals surface area contributed by atoms with Crippen LogP contribution in [0.25, 0.3) is 0 Å². The monoisotopic (exact) mass is 327 g/mol. The van der Waals surface area contributed by atoms with Gasteiger partial charge in [0.25, 0.3) is 6.43 Å². The zero-order chi connectivity index (χ0) is 13.0. The zero-order valence-corrected chi connectivity index (χ0v) is 11.2. The standard InChI is InChI=1S/C10H9BrClF2NO2/c1-17-7(16)2-6-9(12)8(10(13)14)5(3-11)4-15-6/h4,10H,2-3H2,1H3. The first-order chi connectivity index (χ1) is 8.01. The lowest BCUT2D eigenvalue weighted by Crippen LogP contribution is -2.09. The van der Waals surface area contributed by atoms with Crippen molar-refractivity contribution < 1.29 is 18.3 Å². The van der Waals surface area contributed by atoms with Gasteiger partial charge in [0.1, 0.15) is 0 Å². The summed E-state index contributed by atoms with van der Waals surface area (Å²) in [5, 5.41) is 0.0418. The Hall–Kier alpha value is -0.750. The summed E-state index contributed by atoms with van der Waals surface area (Å²) in [6.45, 7) is 0. The summed E-state index contributed by atoms with van der Waals surface area (Å²) < 4.78 is 30.1.